The maximum atomic E-state index is 12.7. The molecule has 3 nitrogen and oxygen atoms in total. The van der Waals surface area contributed by atoms with Crippen molar-refractivity contribution in [3.05, 3.63) is 32.7 Å². The Morgan fingerprint density at radius 2 is 2.21 bits per heavy atom. The first kappa shape index (κ1) is 15.0. The van der Waals surface area contributed by atoms with E-state index >= 15 is 0 Å². The summed E-state index contributed by atoms with van der Waals surface area (Å²) in [6, 6.07) is 6.02. The highest BCUT2D eigenvalue weighted by Gasteiger charge is 2.27. The highest BCUT2D eigenvalue weighted by molar-refractivity contribution is 9.11. The summed E-state index contributed by atoms with van der Waals surface area (Å²) in [6.45, 7) is 1.72. The number of rotatable bonds is 3. The summed E-state index contributed by atoms with van der Waals surface area (Å²) >= 11 is 6.89. The molecule has 19 heavy (non-hydrogen) atoms. The Bertz CT molecular complexity index is 463. The number of piperidine rings is 1. The lowest BCUT2D eigenvalue weighted by atomic mass is 10.0. The smallest absolute Gasteiger partial charge is 0.255 e. The summed E-state index contributed by atoms with van der Waals surface area (Å²) < 4.78 is 1.82. The Hall–Kier alpha value is -0.390. The van der Waals surface area contributed by atoms with Gasteiger partial charge in [-0.1, -0.05) is 15.9 Å². The third-order valence-electron chi connectivity index (χ3n) is 3.49. The SMILES string of the molecule is CNCC1CCCCN1C(=O)c1ccc(Br)cc1Br. The molecular weight excluding hydrogens is 372 g/mol. The molecule has 1 N–H and O–H groups in total. The van der Waals surface area contributed by atoms with Gasteiger partial charge in [0.1, 0.15) is 0 Å². The van der Waals surface area contributed by atoms with Crippen molar-refractivity contribution < 1.29 is 4.79 Å². The molecule has 1 atom stereocenters. The van der Waals surface area contributed by atoms with Crippen LogP contribution in [0.15, 0.2) is 27.1 Å². The number of likely N-dealkylation sites (tertiary alicyclic amines) is 1. The van der Waals surface area contributed by atoms with Crippen LogP contribution in [0.25, 0.3) is 0 Å². The molecule has 1 aliphatic rings. The van der Waals surface area contributed by atoms with Gasteiger partial charge in [-0.15, -0.1) is 0 Å². The fraction of sp³-hybridized carbons (Fsp3) is 0.500. The van der Waals surface area contributed by atoms with Crippen molar-refractivity contribution in [2.45, 2.75) is 25.3 Å². The van der Waals surface area contributed by atoms with E-state index in [-0.39, 0.29) is 5.91 Å². The second-order valence-electron chi connectivity index (χ2n) is 4.83. The third kappa shape index (κ3) is 3.58. The number of hydrogen-bond acceptors (Lipinski definition) is 2. The van der Waals surface area contributed by atoms with Crippen LogP contribution in [0.5, 0.6) is 0 Å². The van der Waals surface area contributed by atoms with Gasteiger partial charge < -0.3 is 10.2 Å². The first-order chi connectivity index (χ1) is 9.13. The number of carbonyl (C=O) groups excluding carboxylic acids is 1. The van der Waals surface area contributed by atoms with Crippen molar-refractivity contribution in [1.29, 1.82) is 0 Å². The molecule has 2 rings (SSSR count). The van der Waals surface area contributed by atoms with Crippen LogP contribution in [-0.2, 0) is 0 Å². The molecule has 1 aliphatic heterocycles. The molecular formula is C14H18Br2N2O. The third-order valence-corrected chi connectivity index (χ3v) is 4.64. The van der Waals surface area contributed by atoms with Crippen LogP contribution in [0.3, 0.4) is 0 Å². The van der Waals surface area contributed by atoms with Gasteiger partial charge in [0, 0.05) is 28.1 Å². The Labute approximate surface area is 131 Å². The van der Waals surface area contributed by atoms with Crippen molar-refractivity contribution in [3.8, 4) is 0 Å². The summed E-state index contributed by atoms with van der Waals surface area (Å²) in [5.74, 6) is 0.124. The van der Waals surface area contributed by atoms with Gasteiger partial charge in [0.05, 0.1) is 5.56 Å². The van der Waals surface area contributed by atoms with E-state index in [0.29, 0.717) is 6.04 Å². The quantitative estimate of drug-likeness (QED) is 0.858. The first-order valence-electron chi connectivity index (χ1n) is 6.54. The fourth-order valence-corrected chi connectivity index (χ4v) is 3.75. The molecule has 1 aromatic rings. The van der Waals surface area contributed by atoms with Crippen LogP contribution < -0.4 is 5.32 Å². The van der Waals surface area contributed by atoms with E-state index in [4.69, 9.17) is 0 Å². The Kier molecular flexibility index (Phi) is 5.42. The van der Waals surface area contributed by atoms with Crippen LogP contribution in [0.1, 0.15) is 29.6 Å². The maximum Gasteiger partial charge on any atom is 0.255 e. The van der Waals surface area contributed by atoms with E-state index in [2.05, 4.69) is 37.2 Å². The zero-order valence-corrected chi connectivity index (χ0v) is 14.1. The monoisotopic (exact) mass is 388 g/mol. The predicted octanol–water partition coefficient (Wildman–Crippen LogP) is 3.43. The van der Waals surface area contributed by atoms with E-state index in [9.17, 15) is 4.79 Å². The average molecular weight is 390 g/mol. The lowest BCUT2D eigenvalue weighted by Gasteiger charge is -2.36. The molecule has 1 amide bonds. The summed E-state index contributed by atoms with van der Waals surface area (Å²) in [7, 11) is 1.94. The molecule has 1 aromatic carbocycles. The standard InChI is InChI=1S/C14H18Br2N2O/c1-17-9-11-4-2-3-7-18(11)14(19)12-6-5-10(15)8-13(12)16/h5-6,8,11,17H,2-4,7,9H2,1H3. The van der Waals surface area contributed by atoms with Gasteiger partial charge in [-0.05, 0) is 60.4 Å². The fourth-order valence-electron chi connectivity index (χ4n) is 2.53. The largest absolute Gasteiger partial charge is 0.334 e. The molecule has 1 heterocycles. The van der Waals surface area contributed by atoms with Gasteiger partial charge in [0.15, 0.2) is 0 Å². The number of carbonyl (C=O) groups is 1. The van der Waals surface area contributed by atoms with E-state index in [1.165, 1.54) is 6.42 Å². The molecule has 0 aromatic heterocycles. The lowest BCUT2D eigenvalue weighted by Crippen LogP contribution is -2.48. The normalized spacial score (nSPS) is 19.5. The van der Waals surface area contributed by atoms with E-state index < -0.39 is 0 Å². The number of nitrogens with one attached hydrogen (secondary N) is 1. The number of nitrogens with zero attached hydrogens (tertiary/aromatic N) is 1. The summed E-state index contributed by atoms with van der Waals surface area (Å²) in [4.78, 5) is 14.7. The highest BCUT2D eigenvalue weighted by Crippen LogP contribution is 2.26. The number of halogens is 2. The van der Waals surface area contributed by atoms with Gasteiger partial charge in [0.25, 0.3) is 5.91 Å². The van der Waals surface area contributed by atoms with Crippen LogP contribution in [0, 0.1) is 0 Å². The molecule has 0 aliphatic carbocycles. The second kappa shape index (κ2) is 6.86. The van der Waals surface area contributed by atoms with Crippen LogP contribution >= 0.6 is 31.9 Å². The zero-order chi connectivity index (χ0) is 13.8. The number of benzene rings is 1. The minimum absolute atomic E-state index is 0.124. The Morgan fingerprint density at radius 1 is 1.42 bits per heavy atom. The van der Waals surface area contributed by atoms with Gasteiger partial charge >= 0.3 is 0 Å². The molecule has 1 unspecified atom stereocenters. The predicted molar refractivity (Wildman–Crippen MR) is 84.4 cm³/mol. The van der Waals surface area contributed by atoms with Crippen molar-refractivity contribution in [2.75, 3.05) is 20.1 Å². The Balaban J connectivity index is 2.21. The lowest BCUT2D eigenvalue weighted by molar-refractivity contribution is 0.0614. The summed E-state index contributed by atoms with van der Waals surface area (Å²) in [5.41, 5.74) is 0.742. The Morgan fingerprint density at radius 3 is 2.89 bits per heavy atom. The van der Waals surface area contributed by atoms with E-state index in [1.807, 2.05) is 30.1 Å². The van der Waals surface area contributed by atoms with Crippen molar-refractivity contribution in [3.63, 3.8) is 0 Å². The van der Waals surface area contributed by atoms with Crippen LogP contribution in [0.4, 0.5) is 0 Å². The van der Waals surface area contributed by atoms with Crippen LogP contribution in [-0.4, -0.2) is 37.0 Å². The van der Waals surface area contributed by atoms with Gasteiger partial charge in [-0.3, -0.25) is 4.79 Å². The molecule has 0 spiro atoms. The molecule has 1 fully saturated rings. The number of likely N-dealkylation sites (N-methyl/N-ethyl adjacent to an activating group) is 1. The second-order valence-corrected chi connectivity index (χ2v) is 6.60. The summed E-state index contributed by atoms with van der Waals surface area (Å²) in [5, 5.41) is 3.18. The van der Waals surface area contributed by atoms with Crippen molar-refractivity contribution >= 4 is 37.8 Å². The number of hydrogen-bond donors (Lipinski definition) is 1. The van der Waals surface area contributed by atoms with Gasteiger partial charge in [-0.25, -0.2) is 0 Å². The topological polar surface area (TPSA) is 32.3 Å². The highest BCUT2D eigenvalue weighted by atomic mass is 79.9. The first-order valence-corrected chi connectivity index (χ1v) is 8.12. The minimum Gasteiger partial charge on any atom is -0.334 e. The van der Waals surface area contributed by atoms with E-state index in [1.54, 1.807) is 0 Å². The molecule has 0 saturated carbocycles. The molecule has 1 saturated heterocycles. The molecule has 0 bridgehead atoms. The van der Waals surface area contributed by atoms with Crippen molar-refractivity contribution in [1.82, 2.24) is 10.2 Å². The molecule has 0 radical (unpaired) electrons. The van der Waals surface area contributed by atoms with Gasteiger partial charge in [-0.2, -0.15) is 0 Å². The van der Waals surface area contributed by atoms with Crippen molar-refractivity contribution in [2.24, 2.45) is 0 Å². The number of amides is 1. The maximum absolute atomic E-state index is 12.7. The molecule has 104 valence electrons. The minimum atomic E-state index is 0.124. The summed E-state index contributed by atoms with van der Waals surface area (Å²) in [6.07, 6.45) is 3.39. The zero-order valence-electron chi connectivity index (χ0n) is 11.0. The van der Waals surface area contributed by atoms with Crippen LogP contribution in [0.2, 0.25) is 0 Å². The van der Waals surface area contributed by atoms with Gasteiger partial charge in [0.2, 0.25) is 0 Å². The van der Waals surface area contributed by atoms with E-state index in [0.717, 1.165) is 40.4 Å². The average Bonchev–Trinajstić information content (AvgIpc) is 2.39. The molecule has 5 heteroatoms.